The van der Waals surface area contributed by atoms with Crippen LogP contribution in [-0.4, -0.2) is 49.3 Å². The fourth-order valence-corrected chi connectivity index (χ4v) is 3.84. The van der Waals surface area contributed by atoms with Crippen LogP contribution in [0.5, 0.6) is 0 Å². The lowest BCUT2D eigenvalue weighted by atomic mass is 10.0. The molecule has 0 bridgehead atoms. The van der Waals surface area contributed by atoms with Gasteiger partial charge in [-0.3, -0.25) is 4.57 Å². The van der Waals surface area contributed by atoms with Crippen LogP contribution in [0.3, 0.4) is 0 Å². The molecule has 0 radical (unpaired) electrons. The number of pyridine rings is 1. The highest BCUT2D eigenvalue weighted by molar-refractivity contribution is 6.14. The molecule has 0 amide bonds. The minimum absolute atomic E-state index is 0.273. The number of esters is 1. The van der Waals surface area contributed by atoms with Gasteiger partial charge in [-0.15, -0.1) is 10.2 Å². The third-order valence-electron chi connectivity index (χ3n) is 5.32. The molecule has 0 aliphatic heterocycles. The van der Waals surface area contributed by atoms with Crippen LogP contribution in [0, 0.1) is 0 Å². The molecule has 35 heavy (non-hydrogen) atoms. The summed E-state index contributed by atoms with van der Waals surface area (Å²) in [5.41, 5.74) is 2.95. The van der Waals surface area contributed by atoms with Crippen LogP contribution in [-0.2, 0) is 9.47 Å². The van der Waals surface area contributed by atoms with Gasteiger partial charge in [0.25, 0.3) is 0 Å². The van der Waals surface area contributed by atoms with Crippen molar-refractivity contribution in [2.45, 2.75) is 26.4 Å². The highest BCUT2D eigenvalue weighted by Gasteiger charge is 2.23. The molecule has 3 heterocycles. The monoisotopic (exact) mass is 469 g/mol. The van der Waals surface area contributed by atoms with E-state index in [1.165, 1.54) is 16.5 Å². The van der Waals surface area contributed by atoms with Gasteiger partial charge < -0.3 is 9.47 Å². The van der Waals surface area contributed by atoms with Crippen molar-refractivity contribution in [3.63, 3.8) is 0 Å². The zero-order valence-corrected chi connectivity index (χ0v) is 19.7. The molecule has 0 saturated carbocycles. The maximum absolute atomic E-state index is 12.9. The third-order valence-corrected chi connectivity index (χ3v) is 5.32. The molecule has 5 aromatic rings. The molecule has 3 aromatic heterocycles. The van der Waals surface area contributed by atoms with E-state index in [9.17, 15) is 9.59 Å². The summed E-state index contributed by atoms with van der Waals surface area (Å²) >= 11 is 0. The van der Waals surface area contributed by atoms with Gasteiger partial charge >= 0.3 is 12.1 Å². The summed E-state index contributed by atoms with van der Waals surface area (Å²) in [6, 6.07) is 18.1. The van der Waals surface area contributed by atoms with Gasteiger partial charge in [-0.2, -0.15) is 4.80 Å². The highest BCUT2D eigenvalue weighted by atomic mass is 16.6. The van der Waals surface area contributed by atoms with Crippen molar-refractivity contribution in [3.8, 4) is 17.1 Å². The number of hydrogen-bond acceptors (Lipinski definition) is 7. The molecular weight excluding hydrogens is 446 g/mol. The molecule has 2 aromatic carbocycles. The molecular formula is C26H23N5O4. The lowest BCUT2D eigenvalue weighted by Gasteiger charge is -2.20. The van der Waals surface area contributed by atoms with E-state index in [4.69, 9.17) is 14.5 Å². The normalized spacial score (nSPS) is 11.7. The van der Waals surface area contributed by atoms with Crippen LogP contribution in [0.4, 0.5) is 4.79 Å². The zero-order valence-electron chi connectivity index (χ0n) is 19.7. The number of ether oxygens (including phenoxy) is 2. The molecule has 0 N–H and O–H groups in total. The predicted molar refractivity (Wildman–Crippen MR) is 131 cm³/mol. The number of rotatable bonds is 3. The summed E-state index contributed by atoms with van der Waals surface area (Å²) in [6.07, 6.45) is 1.06. The average molecular weight is 470 g/mol. The van der Waals surface area contributed by atoms with Gasteiger partial charge in [-0.05, 0) is 63.2 Å². The molecule has 0 aliphatic rings. The molecule has 0 aliphatic carbocycles. The number of benzene rings is 2. The van der Waals surface area contributed by atoms with Crippen molar-refractivity contribution in [3.05, 3.63) is 72.4 Å². The summed E-state index contributed by atoms with van der Waals surface area (Å²) in [5.74, 6) is -0.546. The second-order valence-electron chi connectivity index (χ2n) is 8.94. The molecule has 0 spiro atoms. The van der Waals surface area contributed by atoms with Crippen molar-refractivity contribution >= 4 is 34.0 Å². The van der Waals surface area contributed by atoms with Crippen LogP contribution < -0.4 is 0 Å². The quantitative estimate of drug-likeness (QED) is 0.342. The first kappa shape index (κ1) is 22.3. The Morgan fingerprint density at radius 2 is 1.66 bits per heavy atom. The summed E-state index contributed by atoms with van der Waals surface area (Å²) in [5, 5.41) is 9.73. The summed E-state index contributed by atoms with van der Waals surface area (Å²) in [7, 11) is 1.32. The van der Waals surface area contributed by atoms with E-state index in [2.05, 4.69) is 10.2 Å². The van der Waals surface area contributed by atoms with E-state index in [1.54, 1.807) is 57.3 Å². The topological polar surface area (TPSA) is 101 Å². The Hall–Kier alpha value is -4.53. The second-order valence-corrected chi connectivity index (χ2v) is 8.94. The molecule has 176 valence electrons. The van der Waals surface area contributed by atoms with Gasteiger partial charge in [0, 0.05) is 11.6 Å². The summed E-state index contributed by atoms with van der Waals surface area (Å²) in [4.78, 5) is 31.9. The van der Waals surface area contributed by atoms with Gasteiger partial charge in [0.2, 0.25) is 0 Å². The van der Waals surface area contributed by atoms with Crippen molar-refractivity contribution in [2.24, 2.45) is 0 Å². The van der Waals surface area contributed by atoms with Crippen LogP contribution in [0.15, 0.2) is 66.9 Å². The number of fused-ring (bicyclic) bond motifs is 3. The number of carbonyl (C=O) groups is 2. The number of nitrogens with zero attached hydrogens (tertiary/aromatic N) is 5. The first-order valence-electron chi connectivity index (χ1n) is 11.0. The van der Waals surface area contributed by atoms with Crippen molar-refractivity contribution in [1.82, 2.24) is 24.5 Å². The van der Waals surface area contributed by atoms with Crippen molar-refractivity contribution < 1.29 is 19.1 Å². The minimum atomic E-state index is -0.664. The van der Waals surface area contributed by atoms with E-state index >= 15 is 0 Å². The van der Waals surface area contributed by atoms with E-state index in [0.29, 0.717) is 33.3 Å². The third kappa shape index (κ3) is 4.12. The minimum Gasteiger partial charge on any atom is -0.465 e. The second kappa shape index (κ2) is 8.35. The van der Waals surface area contributed by atoms with E-state index in [0.717, 1.165) is 5.69 Å². The Labute approximate surface area is 200 Å². The smallest absolute Gasteiger partial charge is 0.419 e. The summed E-state index contributed by atoms with van der Waals surface area (Å²) < 4.78 is 12.0. The molecule has 5 rings (SSSR count). The van der Waals surface area contributed by atoms with Gasteiger partial charge in [0.15, 0.2) is 0 Å². The lowest BCUT2D eigenvalue weighted by Crippen LogP contribution is -2.27. The molecule has 0 fully saturated rings. The van der Waals surface area contributed by atoms with Crippen LogP contribution in [0.2, 0.25) is 0 Å². The largest absolute Gasteiger partial charge is 0.465 e. The number of carbonyl (C=O) groups excluding carboxylic acids is 2. The van der Waals surface area contributed by atoms with Gasteiger partial charge in [-0.25, -0.2) is 14.6 Å². The number of hydrogen-bond donors (Lipinski definition) is 0. The molecule has 9 heteroatoms. The van der Waals surface area contributed by atoms with Crippen LogP contribution in [0.1, 0.15) is 31.1 Å². The Morgan fingerprint density at radius 3 is 2.37 bits per heavy atom. The van der Waals surface area contributed by atoms with Gasteiger partial charge in [0.1, 0.15) is 16.6 Å². The zero-order chi connectivity index (χ0) is 24.7. The number of para-hydroxylation sites is 1. The fraction of sp³-hybridized carbons (Fsp3) is 0.192. The Bertz CT molecular complexity index is 1580. The number of aromatic nitrogens is 5. The SMILES string of the molecule is COC(=O)c1cc(-c2cccn2C(=O)OC(C)(C)C)nc2ccc3nn(-c4ccccc4)nc3c12. The Balaban J connectivity index is 1.71. The molecule has 0 unspecified atom stereocenters. The molecule has 0 saturated heterocycles. The number of methoxy groups -OCH3 is 1. The standard InChI is InChI=1S/C26H23N5O4/c1-26(2,3)35-25(33)30-14-8-11-21(30)20-15-17(24(32)34-4)22-18(27-20)12-13-19-23(22)29-31(28-19)16-9-6-5-7-10-16/h5-15H,1-4H3. The highest BCUT2D eigenvalue weighted by Crippen LogP contribution is 2.31. The Morgan fingerprint density at radius 1 is 0.914 bits per heavy atom. The van der Waals surface area contributed by atoms with Crippen LogP contribution in [0.25, 0.3) is 39.0 Å². The molecule has 9 nitrogen and oxygen atoms in total. The lowest BCUT2D eigenvalue weighted by molar-refractivity contribution is 0.0539. The fourth-order valence-electron chi connectivity index (χ4n) is 3.84. The van der Waals surface area contributed by atoms with Gasteiger partial charge in [0.05, 0.1) is 35.3 Å². The average Bonchev–Trinajstić information content (AvgIpc) is 3.50. The first-order valence-corrected chi connectivity index (χ1v) is 11.0. The predicted octanol–water partition coefficient (Wildman–Crippen LogP) is 5.01. The molecule has 0 atom stereocenters. The first-order chi connectivity index (χ1) is 16.7. The summed E-state index contributed by atoms with van der Waals surface area (Å²) in [6.45, 7) is 5.39. The van der Waals surface area contributed by atoms with E-state index in [-0.39, 0.29) is 5.56 Å². The van der Waals surface area contributed by atoms with Gasteiger partial charge in [-0.1, -0.05) is 18.2 Å². The maximum atomic E-state index is 12.9. The van der Waals surface area contributed by atoms with Crippen molar-refractivity contribution in [1.29, 1.82) is 0 Å². The van der Waals surface area contributed by atoms with E-state index in [1.807, 2.05) is 30.3 Å². The van der Waals surface area contributed by atoms with Crippen molar-refractivity contribution in [2.75, 3.05) is 7.11 Å². The maximum Gasteiger partial charge on any atom is 0.419 e. The van der Waals surface area contributed by atoms with E-state index < -0.39 is 17.7 Å². The Kier molecular flexibility index (Phi) is 5.32. The van der Waals surface area contributed by atoms with Crippen LogP contribution >= 0.6 is 0 Å².